The molecule has 0 aliphatic rings. The molecule has 0 aliphatic heterocycles. The van der Waals surface area contributed by atoms with E-state index in [2.05, 4.69) is 10.3 Å². The van der Waals surface area contributed by atoms with Crippen LogP contribution in [0.5, 0.6) is 5.75 Å². The van der Waals surface area contributed by atoms with Crippen LogP contribution in [0.15, 0.2) is 30.3 Å². The van der Waals surface area contributed by atoms with E-state index in [0.29, 0.717) is 23.4 Å². The molecule has 3 rings (SSSR count). The van der Waals surface area contributed by atoms with Crippen molar-refractivity contribution >= 4 is 28.3 Å². The fraction of sp³-hybridized carbons (Fsp3) is 0.200. The van der Waals surface area contributed by atoms with Gasteiger partial charge < -0.3 is 10.4 Å². The third kappa shape index (κ3) is 2.21. The molecule has 0 bridgehead atoms. The maximum absolute atomic E-state index is 11.2. The highest BCUT2D eigenvalue weighted by molar-refractivity contribution is 5.88. The van der Waals surface area contributed by atoms with E-state index in [1.54, 1.807) is 17.6 Å². The average molecular weight is 300 g/mol. The number of pyridine rings is 1. The summed E-state index contributed by atoms with van der Waals surface area (Å²) in [5.74, 6) is 0.184. The molecule has 0 spiro atoms. The zero-order valence-corrected chi connectivity index (χ0v) is 12.0. The number of nitrogens with zero attached hydrogens (tertiary/aromatic N) is 2. The second kappa shape index (κ2) is 5.53. The minimum absolute atomic E-state index is 0.0860. The van der Waals surface area contributed by atoms with Gasteiger partial charge in [-0.05, 0) is 24.6 Å². The number of carbonyl (C=O) groups excluding carboxylic acids is 1. The summed E-state index contributed by atoms with van der Waals surface area (Å²) in [6.45, 7) is 1.89. The van der Waals surface area contributed by atoms with E-state index in [1.807, 2.05) is 29.5 Å². The number of carbonyl (C=O) groups is 1. The van der Waals surface area contributed by atoms with Crippen molar-refractivity contribution < 1.29 is 15.1 Å². The maximum Gasteiger partial charge on any atom is 0.262 e. The molecule has 0 fully saturated rings. The predicted octanol–water partition coefficient (Wildman–Crippen LogP) is 1.67. The highest BCUT2D eigenvalue weighted by Gasteiger charge is 2.15. The van der Waals surface area contributed by atoms with Gasteiger partial charge in [0.15, 0.2) is 0 Å². The molecule has 114 valence electrons. The first-order valence-electron chi connectivity index (χ1n) is 6.94. The predicted molar refractivity (Wildman–Crippen MR) is 82.2 cm³/mol. The Labute approximate surface area is 126 Å². The van der Waals surface area contributed by atoms with Crippen molar-refractivity contribution in [1.29, 1.82) is 0 Å². The molecule has 7 nitrogen and oxygen atoms in total. The van der Waals surface area contributed by atoms with Crippen molar-refractivity contribution in [1.82, 2.24) is 14.9 Å². The number of hydrogen-bond donors (Lipinski definition) is 4. The molecule has 4 N–H and O–H groups in total. The first kappa shape index (κ1) is 14.2. The van der Waals surface area contributed by atoms with E-state index in [-0.39, 0.29) is 12.3 Å². The summed E-state index contributed by atoms with van der Waals surface area (Å²) in [6, 6.07) is 9.09. The second-order valence-electron chi connectivity index (χ2n) is 4.89. The Balaban J connectivity index is 2.20. The molecule has 3 aromatic rings. The summed E-state index contributed by atoms with van der Waals surface area (Å²) >= 11 is 0. The zero-order valence-electron chi connectivity index (χ0n) is 12.0. The van der Waals surface area contributed by atoms with Crippen LogP contribution in [0.1, 0.15) is 12.6 Å². The lowest BCUT2D eigenvalue weighted by Crippen LogP contribution is -2.27. The van der Waals surface area contributed by atoms with Gasteiger partial charge in [0.05, 0.1) is 17.8 Å². The topological polar surface area (TPSA) is 98.9 Å². The molecule has 0 saturated carbocycles. The number of phenols is 1. The first-order valence-corrected chi connectivity index (χ1v) is 6.94. The van der Waals surface area contributed by atoms with Gasteiger partial charge in [0.25, 0.3) is 5.91 Å². The molecule has 7 heteroatoms. The number of aromatic hydroxyl groups is 1. The van der Waals surface area contributed by atoms with E-state index >= 15 is 0 Å². The molecule has 2 aromatic heterocycles. The van der Waals surface area contributed by atoms with Gasteiger partial charge in [0, 0.05) is 5.39 Å². The minimum atomic E-state index is -0.549. The molecule has 0 unspecified atom stereocenters. The molecular weight excluding hydrogens is 284 g/mol. The molecule has 1 amide bonds. The van der Waals surface area contributed by atoms with Gasteiger partial charge in [0.1, 0.15) is 17.2 Å². The number of imidazole rings is 1. The molecule has 1 aromatic carbocycles. The molecule has 0 radical (unpaired) electrons. The van der Waals surface area contributed by atoms with E-state index < -0.39 is 5.91 Å². The number of fused-ring (bicyclic) bond motifs is 3. The van der Waals surface area contributed by atoms with Gasteiger partial charge >= 0.3 is 0 Å². The van der Waals surface area contributed by atoms with E-state index in [1.165, 1.54) is 0 Å². The monoisotopic (exact) mass is 300 g/mol. The van der Waals surface area contributed by atoms with E-state index in [0.717, 1.165) is 11.1 Å². The van der Waals surface area contributed by atoms with Crippen LogP contribution in [-0.2, 0) is 11.2 Å². The number of aromatic nitrogens is 2. The van der Waals surface area contributed by atoms with Crippen LogP contribution in [0.4, 0.5) is 5.82 Å². The maximum atomic E-state index is 11.2. The summed E-state index contributed by atoms with van der Waals surface area (Å²) in [5.41, 5.74) is 3.79. The normalized spacial score (nSPS) is 11.0. The van der Waals surface area contributed by atoms with E-state index in [9.17, 15) is 9.90 Å². The van der Waals surface area contributed by atoms with Crippen molar-refractivity contribution in [3.8, 4) is 5.75 Å². The molecule has 0 saturated heterocycles. The third-order valence-corrected chi connectivity index (χ3v) is 3.56. The first-order chi connectivity index (χ1) is 10.7. The SMILES string of the molecule is CCc1c(NCC(=O)NO)nc2ccc3cccc(O)c3n12. The Morgan fingerprint density at radius 3 is 2.86 bits per heavy atom. The lowest BCUT2D eigenvalue weighted by Gasteiger charge is -2.08. The number of rotatable bonds is 4. The standard InChI is InChI=1S/C15H16N4O3/c1-2-10-15(16-8-13(21)18-22)17-12-7-6-9-4-3-5-11(20)14(9)19(10)12/h3-7,16,20,22H,2,8H2,1H3,(H,18,21). The van der Waals surface area contributed by atoms with Crippen LogP contribution < -0.4 is 10.8 Å². The Kier molecular flexibility index (Phi) is 3.56. The fourth-order valence-electron chi connectivity index (χ4n) is 2.60. The van der Waals surface area contributed by atoms with Crippen LogP contribution in [0.25, 0.3) is 16.6 Å². The van der Waals surface area contributed by atoms with Gasteiger partial charge in [-0.25, -0.2) is 10.5 Å². The molecule has 2 heterocycles. The van der Waals surface area contributed by atoms with Crippen molar-refractivity contribution in [3.05, 3.63) is 36.0 Å². The van der Waals surface area contributed by atoms with Crippen LogP contribution in [-0.4, -0.2) is 32.2 Å². The largest absolute Gasteiger partial charge is 0.506 e. The zero-order chi connectivity index (χ0) is 15.7. The van der Waals surface area contributed by atoms with Gasteiger partial charge in [-0.2, -0.15) is 0 Å². The fourth-order valence-corrected chi connectivity index (χ4v) is 2.60. The number of phenolic OH excluding ortho intramolecular Hbond substituents is 1. The molecule has 0 atom stereocenters. The highest BCUT2D eigenvalue weighted by atomic mass is 16.5. The van der Waals surface area contributed by atoms with Crippen LogP contribution in [0.3, 0.4) is 0 Å². The lowest BCUT2D eigenvalue weighted by atomic mass is 10.2. The third-order valence-electron chi connectivity index (χ3n) is 3.56. The van der Waals surface area contributed by atoms with Crippen LogP contribution in [0.2, 0.25) is 0 Å². The van der Waals surface area contributed by atoms with Gasteiger partial charge in [-0.3, -0.25) is 14.4 Å². The summed E-state index contributed by atoms with van der Waals surface area (Å²) in [4.78, 5) is 15.6. The number of hydrogen-bond acceptors (Lipinski definition) is 5. The van der Waals surface area contributed by atoms with Gasteiger partial charge in [0.2, 0.25) is 0 Å². The van der Waals surface area contributed by atoms with Gasteiger partial charge in [-0.1, -0.05) is 19.1 Å². The van der Waals surface area contributed by atoms with Crippen molar-refractivity contribution in [2.45, 2.75) is 13.3 Å². The molecule has 22 heavy (non-hydrogen) atoms. The Morgan fingerprint density at radius 2 is 2.14 bits per heavy atom. The summed E-state index contributed by atoms with van der Waals surface area (Å²) < 4.78 is 1.88. The number of nitrogens with one attached hydrogen (secondary N) is 2. The summed E-state index contributed by atoms with van der Waals surface area (Å²) in [7, 11) is 0. The average Bonchev–Trinajstić information content (AvgIpc) is 2.90. The van der Waals surface area contributed by atoms with Gasteiger partial charge in [-0.15, -0.1) is 0 Å². The summed E-state index contributed by atoms with van der Waals surface area (Å²) in [5, 5.41) is 22.6. The number of para-hydroxylation sites is 1. The molecule has 0 aliphatic carbocycles. The number of amides is 1. The van der Waals surface area contributed by atoms with Crippen LogP contribution in [0, 0.1) is 0 Å². The lowest BCUT2D eigenvalue weighted by molar-refractivity contribution is -0.127. The van der Waals surface area contributed by atoms with Crippen molar-refractivity contribution in [2.24, 2.45) is 0 Å². The number of benzene rings is 1. The highest BCUT2D eigenvalue weighted by Crippen LogP contribution is 2.29. The second-order valence-corrected chi connectivity index (χ2v) is 4.89. The Hall–Kier alpha value is -2.80. The molecular formula is C15H16N4O3. The van der Waals surface area contributed by atoms with Crippen molar-refractivity contribution in [3.63, 3.8) is 0 Å². The quantitative estimate of drug-likeness (QED) is 0.434. The van der Waals surface area contributed by atoms with E-state index in [4.69, 9.17) is 5.21 Å². The van der Waals surface area contributed by atoms with Crippen LogP contribution >= 0.6 is 0 Å². The Bertz CT molecular complexity index is 857. The Morgan fingerprint density at radius 1 is 1.32 bits per heavy atom. The number of aryl methyl sites for hydroxylation is 1. The minimum Gasteiger partial charge on any atom is -0.506 e. The smallest absolute Gasteiger partial charge is 0.262 e. The summed E-state index contributed by atoms with van der Waals surface area (Å²) in [6.07, 6.45) is 0.664. The number of anilines is 1. The number of hydroxylamine groups is 1. The van der Waals surface area contributed by atoms with Crippen molar-refractivity contribution in [2.75, 3.05) is 11.9 Å².